The van der Waals surface area contributed by atoms with E-state index in [0.29, 0.717) is 12.8 Å². The summed E-state index contributed by atoms with van der Waals surface area (Å²) in [7, 11) is 1.17. The average molecular weight is 309 g/mol. The molecule has 1 saturated carbocycles. The lowest BCUT2D eigenvalue weighted by atomic mass is 9.95. The molecule has 0 radical (unpaired) electrons. The molecule has 0 atom stereocenters. The summed E-state index contributed by atoms with van der Waals surface area (Å²) in [5.74, 6) is -2.46. The molecule has 0 aromatic rings. The van der Waals surface area contributed by atoms with E-state index < -0.39 is 24.1 Å². The Hall–Kier alpha value is -1.27. The predicted molar refractivity (Wildman–Crippen MR) is 70.5 cm³/mol. The Morgan fingerprint density at radius 3 is 2.10 bits per heavy atom. The quantitative estimate of drug-likeness (QED) is 0.750. The molecule has 4 nitrogen and oxygen atoms in total. The molecule has 1 aliphatic rings. The van der Waals surface area contributed by atoms with Crippen molar-refractivity contribution in [1.82, 2.24) is 4.90 Å². The Bertz CT molecular complexity index is 350. The van der Waals surface area contributed by atoms with Gasteiger partial charge in [0.25, 0.3) is 0 Å². The van der Waals surface area contributed by atoms with Crippen LogP contribution in [0.4, 0.5) is 13.2 Å². The van der Waals surface area contributed by atoms with E-state index in [1.807, 2.05) is 0 Å². The zero-order valence-corrected chi connectivity index (χ0v) is 12.2. The first-order valence-corrected chi connectivity index (χ1v) is 7.31. The molecule has 0 heterocycles. The third kappa shape index (κ3) is 5.93. The van der Waals surface area contributed by atoms with Crippen LogP contribution in [0.1, 0.15) is 51.4 Å². The van der Waals surface area contributed by atoms with Crippen LogP contribution in [0, 0.1) is 0 Å². The first-order valence-electron chi connectivity index (χ1n) is 7.31. The highest BCUT2D eigenvalue weighted by atomic mass is 19.4. The standard InChI is InChI=1S/C14H22F3NO3/c1-21-12(19)9-10-18(13(20)14(15,16)17)11-7-5-3-2-4-6-8-11/h11H,2-10H2,1H3. The Kier molecular flexibility index (Phi) is 6.98. The third-order valence-electron chi connectivity index (χ3n) is 3.80. The number of carbonyl (C=O) groups is 2. The molecule has 1 fully saturated rings. The highest BCUT2D eigenvalue weighted by Crippen LogP contribution is 2.26. The molecule has 0 saturated heterocycles. The summed E-state index contributed by atoms with van der Waals surface area (Å²) in [6, 6.07) is -0.441. The van der Waals surface area contributed by atoms with Crippen molar-refractivity contribution in [1.29, 1.82) is 0 Å². The summed E-state index contributed by atoms with van der Waals surface area (Å²) in [6.45, 7) is -0.240. The van der Waals surface area contributed by atoms with E-state index in [4.69, 9.17) is 0 Å². The summed E-state index contributed by atoms with van der Waals surface area (Å²) in [5, 5.41) is 0. The number of hydrogen-bond donors (Lipinski definition) is 0. The van der Waals surface area contributed by atoms with Crippen molar-refractivity contribution in [2.75, 3.05) is 13.7 Å². The summed E-state index contributed by atoms with van der Waals surface area (Å²) < 4.78 is 42.6. The molecule has 1 rings (SSSR count). The van der Waals surface area contributed by atoms with Crippen molar-refractivity contribution in [3.63, 3.8) is 0 Å². The third-order valence-corrected chi connectivity index (χ3v) is 3.80. The van der Waals surface area contributed by atoms with E-state index in [0.717, 1.165) is 37.0 Å². The number of rotatable bonds is 4. The minimum atomic E-state index is -4.90. The van der Waals surface area contributed by atoms with Gasteiger partial charge in [-0.3, -0.25) is 9.59 Å². The van der Waals surface area contributed by atoms with E-state index in [9.17, 15) is 22.8 Å². The molecule has 21 heavy (non-hydrogen) atoms. The van der Waals surface area contributed by atoms with Crippen LogP contribution in [0.5, 0.6) is 0 Å². The fourth-order valence-electron chi connectivity index (χ4n) is 2.67. The van der Waals surface area contributed by atoms with E-state index in [2.05, 4.69) is 4.74 Å². The second kappa shape index (κ2) is 8.24. The number of carbonyl (C=O) groups excluding carboxylic acids is 2. The van der Waals surface area contributed by atoms with Gasteiger partial charge in [-0.25, -0.2) is 0 Å². The number of alkyl halides is 3. The second-order valence-electron chi connectivity index (χ2n) is 5.32. The molecule has 122 valence electrons. The Morgan fingerprint density at radius 1 is 1.10 bits per heavy atom. The van der Waals surface area contributed by atoms with Crippen molar-refractivity contribution in [3.05, 3.63) is 0 Å². The molecule has 0 aromatic heterocycles. The van der Waals surface area contributed by atoms with Gasteiger partial charge in [-0.05, 0) is 12.8 Å². The normalized spacial score (nSPS) is 17.7. The molecule has 1 aliphatic carbocycles. The van der Waals surface area contributed by atoms with Gasteiger partial charge < -0.3 is 9.64 Å². The van der Waals surface area contributed by atoms with Crippen molar-refractivity contribution >= 4 is 11.9 Å². The minimum absolute atomic E-state index is 0.213. The molecule has 0 N–H and O–H groups in total. The number of halogens is 3. The predicted octanol–water partition coefficient (Wildman–Crippen LogP) is 3.05. The largest absolute Gasteiger partial charge is 0.471 e. The molecule has 0 unspecified atom stereocenters. The van der Waals surface area contributed by atoms with Crippen LogP contribution in [0.2, 0.25) is 0 Å². The fraction of sp³-hybridized carbons (Fsp3) is 0.857. The van der Waals surface area contributed by atoms with Crippen LogP contribution in [-0.2, 0) is 14.3 Å². The van der Waals surface area contributed by atoms with Crippen LogP contribution >= 0.6 is 0 Å². The minimum Gasteiger partial charge on any atom is -0.469 e. The highest BCUT2D eigenvalue weighted by molar-refractivity contribution is 5.82. The van der Waals surface area contributed by atoms with Gasteiger partial charge in [0.05, 0.1) is 13.5 Å². The van der Waals surface area contributed by atoms with E-state index in [1.165, 1.54) is 7.11 Å². The lowest BCUT2D eigenvalue weighted by molar-refractivity contribution is -0.188. The van der Waals surface area contributed by atoms with Crippen LogP contribution in [0.25, 0.3) is 0 Å². The van der Waals surface area contributed by atoms with E-state index >= 15 is 0 Å². The summed E-state index contributed by atoms with van der Waals surface area (Å²) in [4.78, 5) is 23.6. The van der Waals surface area contributed by atoms with Crippen molar-refractivity contribution in [3.8, 4) is 0 Å². The Labute approximate surface area is 122 Å². The SMILES string of the molecule is COC(=O)CCN(C(=O)C(F)(F)F)C1CCCCCCC1. The van der Waals surface area contributed by atoms with Crippen LogP contribution < -0.4 is 0 Å². The van der Waals surface area contributed by atoms with E-state index in [-0.39, 0.29) is 13.0 Å². The lowest BCUT2D eigenvalue weighted by Gasteiger charge is -2.33. The lowest BCUT2D eigenvalue weighted by Crippen LogP contribution is -2.48. The zero-order valence-electron chi connectivity index (χ0n) is 12.2. The van der Waals surface area contributed by atoms with Gasteiger partial charge in [-0.1, -0.05) is 32.1 Å². The van der Waals surface area contributed by atoms with Gasteiger partial charge in [0.1, 0.15) is 0 Å². The average Bonchev–Trinajstić information content (AvgIpc) is 2.38. The van der Waals surface area contributed by atoms with Crippen molar-refractivity contribution < 1.29 is 27.5 Å². The number of amides is 1. The number of nitrogens with zero attached hydrogens (tertiary/aromatic N) is 1. The molecular weight excluding hydrogens is 287 g/mol. The molecule has 1 amide bonds. The van der Waals surface area contributed by atoms with Gasteiger partial charge in [-0.2, -0.15) is 13.2 Å². The summed E-state index contributed by atoms with van der Waals surface area (Å²) >= 11 is 0. The summed E-state index contributed by atoms with van der Waals surface area (Å²) in [6.07, 6.45) is 0.652. The maximum Gasteiger partial charge on any atom is 0.471 e. The molecule has 0 aromatic carbocycles. The maximum absolute atomic E-state index is 12.7. The topological polar surface area (TPSA) is 46.6 Å². The van der Waals surface area contributed by atoms with Gasteiger partial charge in [0, 0.05) is 12.6 Å². The summed E-state index contributed by atoms with van der Waals surface area (Å²) in [5.41, 5.74) is 0. The van der Waals surface area contributed by atoms with Gasteiger partial charge in [0.2, 0.25) is 0 Å². The highest BCUT2D eigenvalue weighted by Gasteiger charge is 2.44. The number of ether oxygens (including phenoxy) is 1. The Balaban J connectivity index is 2.77. The van der Waals surface area contributed by atoms with Gasteiger partial charge in [0.15, 0.2) is 0 Å². The molecule has 0 spiro atoms. The molecule has 0 aliphatic heterocycles. The number of esters is 1. The molecular formula is C14H22F3NO3. The van der Waals surface area contributed by atoms with Crippen molar-refractivity contribution in [2.24, 2.45) is 0 Å². The number of methoxy groups -OCH3 is 1. The first-order chi connectivity index (χ1) is 9.86. The smallest absolute Gasteiger partial charge is 0.469 e. The fourth-order valence-corrected chi connectivity index (χ4v) is 2.67. The van der Waals surface area contributed by atoms with Crippen molar-refractivity contribution in [2.45, 2.75) is 63.6 Å². The van der Waals surface area contributed by atoms with E-state index in [1.54, 1.807) is 0 Å². The Morgan fingerprint density at radius 2 is 1.62 bits per heavy atom. The zero-order chi connectivity index (χ0) is 15.9. The number of hydrogen-bond acceptors (Lipinski definition) is 3. The van der Waals surface area contributed by atoms with Crippen LogP contribution in [-0.4, -0.2) is 42.6 Å². The first kappa shape index (κ1) is 17.8. The van der Waals surface area contributed by atoms with Gasteiger partial charge in [-0.15, -0.1) is 0 Å². The molecule has 0 bridgehead atoms. The van der Waals surface area contributed by atoms with Gasteiger partial charge >= 0.3 is 18.1 Å². The molecule has 7 heteroatoms. The maximum atomic E-state index is 12.7. The van der Waals surface area contributed by atoms with Crippen LogP contribution in [0.3, 0.4) is 0 Å². The second-order valence-corrected chi connectivity index (χ2v) is 5.32. The van der Waals surface area contributed by atoms with Crippen LogP contribution in [0.15, 0.2) is 0 Å². The monoisotopic (exact) mass is 309 g/mol.